The van der Waals surface area contributed by atoms with Gasteiger partial charge in [-0.15, -0.1) is 11.3 Å². The number of nitrogens with one attached hydrogen (secondary N) is 1. The molecule has 0 unspecified atom stereocenters. The second-order valence-electron chi connectivity index (χ2n) is 7.17. The summed E-state index contributed by atoms with van der Waals surface area (Å²) in [6.45, 7) is 9.28. The van der Waals surface area contributed by atoms with Crippen LogP contribution < -0.4 is 5.56 Å². The lowest BCUT2D eigenvalue weighted by atomic mass is 9.97. The van der Waals surface area contributed by atoms with Crippen molar-refractivity contribution < 1.29 is 19.1 Å². The molecule has 2 aromatic rings. The van der Waals surface area contributed by atoms with E-state index in [4.69, 9.17) is 9.47 Å². The van der Waals surface area contributed by atoms with Gasteiger partial charge in [-0.05, 0) is 52.6 Å². The first-order chi connectivity index (χ1) is 13.9. The van der Waals surface area contributed by atoms with Crippen molar-refractivity contribution in [2.24, 2.45) is 5.92 Å². The van der Waals surface area contributed by atoms with Crippen LogP contribution in [0.3, 0.4) is 0 Å². The summed E-state index contributed by atoms with van der Waals surface area (Å²) in [5, 5.41) is 0.428. The summed E-state index contributed by atoms with van der Waals surface area (Å²) in [7, 11) is 0. The molecule has 0 aliphatic carbocycles. The summed E-state index contributed by atoms with van der Waals surface area (Å²) in [5.41, 5.74) is 0.330. The van der Waals surface area contributed by atoms with Crippen molar-refractivity contribution in [2.45, 2.75) is 46.6 Å². The van der Waals surface area contributed by atoms with Crippen LogP contribution in [0.1, 0.15) is 60.7 Å². The third kappa shape index (κ3) is 4.35. The zero-order chi connectivity index (χ0) is 21.1. The molecule has 0 bridgehead atoms. The number of carbonyl (C=O) groups excluding carboxylic acids is 2. The van der Waals surface area contributed by atoms with E-state index in [1.54, 1.807) is 20.8 Å². The van der Waals surface area contributed by atoms with E-state index in [1.165, 1.54) is 11.3 Å². The first-order valence-corrected chi connectivity index (χ1v) is 10.8. The topological polar surface area (TPSA) is 102 Å². The van der Waals surface area contributed by atoms with E-state index in [9.17, 15) is 14.4 Å². The molecule has 0 spiro atoms. The van der Waals surface area contributed by atoms with Crippen LogP contribution in [-0.4, -0.2) is 53.1 Å². The molecule has 1 aliphatic heterocycles. The molecule has 3 heterocycles. The minimum absolute atomic E-state index is 0.166. The number of hydrogen-bond donors (Lipinski definition) is 1. The number of rotatable bonds is 6. The Morgan fingerprint density at radius 1 is 1.31 bits per heavy atom. The highest BCUT2D eigenvalue weighted by Gasteiger charge is 2.31. The third-order valence-corrected chi connectivity index (χ3v) is 6.46. The first kappa shape index (κ1) is 21.4. The van der Waals surface area contributed by atoms with E-state index < -0.39 is 5.97 Å². The zero-order valence-electron chi connectivity index (χ0n) is 17.2. The Morgan fingerprint density at radius 3 is 2.72 bits per heavy atom. The summed E-state index contributed by atoms with van der Waals surface area (Å²) >= 11 is 1.18. The number of piperidine rings is 1. The van der Waals surface area contributed by atoms with E-state index >= 15 is 0 Å². The lowest BCUT2D eigenvalue weighted by molar-refractivity contribution is -0.150. The summed E-state index contributed by atoms with van der Waals surface area (Å²) in [4.78, 5) is 47.6. The summed E-state index contributed by atoms with van der Waals surface area (Å²) in [6.07, 6.45) is 1.68. The van der Waals surface area contributed by atoms with Crippen LogP contribution in [0.5, 0.6) is 0 Å². The van der Waals surface area contributed by atoms with Crippen molar-refractivity contribution in [3.05, 3.63) is 26.6 Å². The van der Waals surface area contributed by atoms with Gasteiger partial charge in [-0.3, -0.25) is 14.5 Å². The molecule has 158 valence electrons. The molecular weight excluding hydrogens is 394 g/mol. The average Bonchev–Trinajstić information content (AvgIpc) is 3.05. The van der Waals surface area contributed by atoms with Crippen LogP contribution >= 0.6 is 11.3 Å². The quantitative estimate of drug-likeness (QED) is 0.716. The molecular formula is C20H27N3O5S. The molecule has 1 fully saturated rings. The van der Waals surface area contributed by atoms with Crippen molar-refractivity contribution in [1.82, 2.24) is 14.9 Å². The van der Waals surface area contributed by atoms with Gasteiger partial charge < -0.3 is 14.5 Å². The van der Waals surface area contributed by atoms with Crippen molar-refractivity contribution in [1.29, 1.82) is 0 Å². The van der Waals surface area contributed by atoms with Crippen LogP contribution in [0, 0.1) is 12.8 Å². The number of carbonyl (C=O) groups is 2. The van der Waals surface area contributed by atoms with Crippen LogP contribution in [0.25, 0.3) is 10.2 Å². The van der Waals surface area contributed by atoms with Crippen molar-refractivity contribution in [3.8, 4) is 0 Å². The standard InChI is InChI=1S/C20H27N3O5S/c1-5-27-19(25)13-8-7-9-23(10-13)12(4)16-21-17(24)14-11(3)15(20(26)28-6-2)29-18(14)22-16/h12-13H,5-10H2,1-4H3,(H,21,22,24)/t12-,13-/m0/s1. The minimum Gasteiger partial charge on any atom is -0.466 e. The number of nitrogens with zero attached hydrogens (tertiary/aromatic N) is 2. The maximum Gasteiger partial charge on any atom is 0.348 e. The molecule has 0 saturated carbocycles. The maximum atomic E-state index is 12.7. The highest BCUT2D eigenvalue weighted by atomic mass is 32.1. The molecule has 9 heteroatoms. The maximum absolute atomic E-state index is 12.7. The number of thiophene rings is 1. The normalized spacial score (nSPS) is 18.6. The Kier molecular flexibility index (Phi) is 6.69. The zero-order valence-corrected chi connectivity index (χ0v) is 18.1. The number of aromatic nitrogens is 2. The number of aryl methyl sites for hydroxylation is 1. The van der Waals surface area contributed by atoms with Crippen LogP contribution in [-0.2, 0) is 14.3 Å². The number of ether oxygens (including phenoxy) is 2. The van der Waals surface area contributed by atoms with Gasteiger partial charge in [-0.2, -0.15) is 0 Å². The molecule has 1 N–H and O–H groups in total. The Balaban J connectivity index is 1.88. The van der Waals surface area contributed by atoms with Crippen LogP contribution in [0.4, 0.5) is 0 Å². The lowest BCUT2D eigenvalue weighted by Gasteiger charge is -2.35. The van der Waals surface area contributed by atoms with Gasteiger partial charge in [0, 0.05) is 6.54 Å². The van der Waals surface area contributed by atoms with E-state index in [0.29, 0.717) is 39.6 Å². The number of hydrogen-bond acceptors (Lipinski definition) is 8. The van der Waals surface area contributed by atoms with Gasteiger partial charge in [-0.1, -0.05) is 0 Å². The molecule has 1 saturated heterocycles. The van der Waals surface area contributed by atoms with Gasteiger partial charge in [0.15, 0.2) is 0 Å². The predicted molar refractivity (Wildman–Crippen MR) is 110 cm³/mol. The third-order valence-electron chi connectivity index (χ3n) is 5.30. The molecule has 29 heavy (non-hydrogen) atoms. The Hall–Kier alpha value is -2.26. The number of fused-ring (bicyclic) bond motifs is 1. The number of aromatic amines is 1. The monoisotopic (exact) mass is 421 g/mol. The number of likely N-dealkylation sites (tertiary alicyclic amines) is 1. The Labute approximate surface area is 173 Å². The fraction of sp³-hybridized carbons (Fsp3) is 0.600. The Bertz CT molecular complexity index is 967. The highest BCUT2D eigenvalue weighted by Crippen LogP contribution is 2.30. The molecule has 0 aromatic carbocycles. The predicted octanol–water partition coefficient (Wildman–Crippen LogP) is 2.81. The Morgan fingerprint density at radius 2 is 2.03 bits per heavy atom. The van der Waals surface area contributed by atoms with E-state index in [2.05, 4.69) is 14.9 Å². The number of esters is 2. The summed E-state index contributed by atoms with van der Waals surface area (Å²) < 4.78 is 10.3. The summed E-state index contributed by atoms with van der Waals surface area (Å²) in [5.74, 6) is -0.241. The van der Waals surface area contributed by atoms with Crippen molar-refractivity contribution >= 4 is 33.5 Å². The fourth-order valence-corrected chi connectivity index (χ4v) is 4.82. The lowest BCUT2D eigenvalue weighted by Crippen LogP contribution is -2.41. The largest absolute Gasteiger partial charge is 0.466 e. The van der Waals surface area contributed by atoms with Gasteiger partial charge in [0.25, 0.3) is 5.56 Å². The first-order valence-electron chi connectivity index (χ1n) is 9.98. The number of H-pyrrole nitrogens is 1. The van der Waals surface area contributed by atoms with E-state index in [0.717, 1.165) is 19.4 Å². The molecule has 0 amide bonds. The fourth-order valence-electron chi connectivity index (χ4n) is 3.73. The SMILES string of the molecule is CCOC(=O)c1sc2nc([C@H](C)N3CCC[C@H](C(=O)OCC)C3)[nH]c(=O)c2c1C. The minimum atomic E-state index is -0.435. The van der Waals surface area contributed by atoms with Crippen LogP contribution in [0.2, 0.25) is 0 Å². The van der Waals surface area contributed by atoms with Gasteiger partial charge in [-0.25, -0.2) is 9.78 Å². The average molecular weight is 422 g/mol. The second-order valence-corrected chi connectivity index (χ2v) is 8.17. The molecule has 3 rings (SSSR count). The van der Waals surface area contributed by atoms with Crippen molar-refractivity contribution in [2.75, 3.05) is 26.3 Å². The second kappa shape index (κ2) is 9.04. The van der Waals surface area contributed by atoms with Crippen LogP contribution in [0.15, 0.2) is 4.79 Å². The van der Waals surface area contributed by atoms with Crippen molar-refractivity contribution in [3.63, 3.8) is 0 Å². The molecule has 8 nitrogen and oxygen atoms in total. The highest BCUT2D eigenvalue weighted by molar-refractivity contribution is 7.20. The van der Waals surface area contributed by atoms with Gasteiger partial charge in [0.1, 0.15) is 15.5 Å². The van der Waals surface area contributed by atoms with Gasteiger partial charge in [0.05, 0.1) is 30.6 Å². The van der Waals surface area contributed by atoms with Gasteiger partial charge >= 0.3 is 11.9 Å². The molecule has 2 atom stereocenters. The van der Waals surface area contributed by atoms with E-state index in [-0.39, 0.29) is 30.1 Å². The summed E-state index contributed by atoms with van der Waals surface area (Å²) in [6, 6.07) is -0.169. The molecule has 0 radical (unpaired) electrons. The van der Waals surface area contributed by atoms with E-state index in [1.807, 2.05) is 6.92 Å². The smallest absolute Gasteiger partial charge is 0.348 e. The van der Waals surface area contributed by atoms with Gasteiger partial charge in [0.2, 0.25) is 0 Å². The molecule has 1 aliphatic rings. The molecule has 2 aromatic heterocycles.